The average molecular weight is 330 g/mol. The van der Waals surface area contributed by atoms with Gasteiger partial charge in [-0.25, -0.2) is 0 Å². The largest absolute Gasteiger partial charge is 0.360 e. The molecule has 3 aromatic heterocycles. The van der Waals surface area contributed by atoms with Gasteiger partial charge in [0.25, 0.3) is 11.8 Å². The number of carbonyl (C=O) groups excluding carboxylic acids is 2. The number of carbonyl (C=O) groups is 2. The van der Waals surface area contributed by atoms with Gasteiger partial charge in [-0.3, -0.25) is 14.3 Å². The SMILES string of the molecule is Cc1cc(NC(=O)c2cc(C(=O)Nc3cc(C)on3)n(C)n2)no1. The lowest BCUT2D eigenvalue weighted by Crippen LogP contribution is -2.16. The Morgan fingerprint density at radius 1 is 0.958 bits per heavy atom. The minimum Gasteiger partial charge on any atom is -0.360 e. The molecule has 0 bridgehead atoms. The summed E-state index contributed by atoms with van der Waals surface area (Å²) in [5, 5.41) is 16.5. The lowest BCUT2D eigenvalue weighted by Gasteiger charge is -2.00. The fourth-order valence-electron chi connectivity index (χ4n) is 2.00. The molecule has 24 heavy (non-hydrogen) atoms. The van der Waals surface area contributed by atoms with Crippen LogP contribution in [0, 0.1) is 13.8 Å². The van der Waals surface area contributed by atoms with Crippen LogP contribution in [0.5, 0.6) is 0 Å². The second-order valence-electron chi connectivity index (χ2n) is 5.09. The topological polar surface area (TPSA) is 128 Å². The summed E-state index contributed by atoms with van der Waals surface area (Å²) < 4.78 is 11.0. The molecule has 3 rings (SSSR count). The van der Waals surface area contributed by atoms with Crippen LogP contribution in [0.15, 0.2) is 27.2 Å². The summed E-state index contributed by atoms with van der Waals surface area (Å²) in [6.45, 7) is 3.41. The van der Waals surface area contributed by atoms with E-state index < -0.39 is 11.8 Å². The molecule has 3 heterocycles. The summed E-state index contributed by atoms with van der Waals surface area (Å²) in [5.74, 6) is 0.715. The van der Waals surface area contributed by atoms with Crippen molar-refractivity contribution in [3.8, 4) is 0 Å². The van der Waals surface area contributed by atoms with Gasteiger partial charge in [0, 0.05) is 25.2 Å². The monoisotopic (exact) mass is 330 g/mol. The molecule has 0 unspecified atom stereocenters. The first-order chi connectivity index (χ1) is 11.4. The number of rotatable bonds is 4. The first-order valence-electron chi connectivity index (χ1n) is 6.96. The minimum absolute atomic E-state index is 0.0691. The van der Waals surface area contributed by atoms with Gasteiger partial charge in [0.15, 0.2) is 17.3 Å². The Bertz CT molecular complexity index is 906. The third kappa shape index (κ3) is 3.16. The van der Waals surface area contributed by atoms with E-state index >= 15 is 0 Å². The van der Waals surface area contributed by atoms with E-state index in [0.717, 1.165) is 0 Å². The number of nitrogens with zero attached hydrogens (tertiary/aromatic N) is 4. The van der Waals surface area contributed by atoms with Crippen LogP contribution in [0.1, 0.15) is 32.5 Å². The smallest absolute Gasteiger partial charge is 0.277 e. The third-order valence-corrected chi connectivity index (χ3v) is 3.08. The Kier molecular flexibility index (Phi) is 3.86. The van der Waals surface area contributed by atoms with E-state index in [2.05, 4.69) is 26.0 Å². The fourth-order valence-corrected chi connectivity index (χ4v) is 2.00. The molecule has 124 valence electrons. The molecule has 2 amide bonds. The molecule has 0 aliphatic carbocycles. The summed E-state index contributed by atoms with van der Waals surface area (Å²) in [4.78, 5) is 24.4. The van der Waals surface area contributed by atoms with Crippen molar-refractivity contribution in [3.05, 3.63) is 41.1 Å². The highest BCUT2D eigenvalue weighted by molar-refractivity contribution is 6.06. The predicted molar refractivity (Wildman–Crippen MR) is 81.6 cm³/mol. The van der Waals surface area contributed by atoms with Gasteiger partial charge in [-0.1, -0.05) is 10.3 Å². The van der Waals surface area contributed by atoms with Gasteiger partial charge in [0.05, 0.1) is 0 Å². The number of amides is 2. The summed E-state index contributed by atoms with van der Waals surface area (Å²) in [5.41, 5.74) is 0.261. The molecule has 10 heteroatoms. The van der Waals surface area contributed by atoms with Gasteiger partial charge in [-0.05, 0) is 13.8 Å². The third-order valence-electron chi connectivity index (χ3n) is 3.08. The predicted octanol–water partition coefficient (Wildman–Crippen LogP) is 1.52. The lowest BCUT2D eigenvalue weighted by atomic mass is 10.3. The number of aryl methyl sites for hydroxylation is 3. The first kappa shape index (κ1) is 15.5. The summed E-state index contributed by atoms with van der Waals surface area (Å²) in [6.07, 6.45) is 0. The molecule has 0 aliphatic rings. The van der Waals surface area contributed by atoms with Crippen molar-refractivity contribution in [2.75, 3.05) is 10.6 Å². The average Bonchev–Trinajstić information content (AvgIpc) is 3.20. The summed E-state index contributed by atoms with van der Waals surface area (Å²) >= 11 is 0. The van der Waals surface area contributed by atoms with Crippen LogP contribution >= 0.6 is 0 Å². The van der Waals surface area contributed by atoms with Gasteiger partial charge in [0.2, 0.25) is 0 Å². The van der Waals surface area contributed by atoms with Crippen LogP contribution < -0.4 is 10.6 Å². The fraction of sp³-hybridized carbons (Fsp3) is 0.214. The van der Waals surface area contributed by atoms with Crippen molar-refractivity contribution in [1.29, 1.82) is 0 Å². The van der Waals surface area contributed by atoms with Crippen LogP contribution in [0.2, 0.25) is 0 Å². The van der Waals surface area contributed by atoms with E-state index in [1.165, 1.54) is 10.7 Å². The molecular weight excluding hydrogens is 316 g/mol. The second-order valence-corrected chi connectivity index (χ2v) is 5.09. The van der Waals surface area contributed by atoms with Crippen molar-refractivity contribution in [2.24, 2.45) is 7.05 Å². The zero-order chi connectivity index (χ0) is 17.3. The molecule has 0 atom stereocenters. The minimum atomic E-state index is -0.504. The van der Waals surface area contributed by atoms with Crippen LogP contribution in [-0.4, -0.2) is 31.9 Å². The van der Waals surface area contributed by atoms with Crippen molar-refractivity contribution >= 4 is 23.5 Å². The van der Waals surface area contributed by atoms with Gasteiger partial charge >= 0.3 is 0 Å². The Labute approximate surface area is 135 Å². The zero-order valence-electron chi connectivity index (χ0n) is 13.2. The number of anilines is 2. The Morgan fingerprint density at radius 3 is 2.00 bits per heavy atom. The van der Waals surface area contributed by atoms with Crippen molar-refractivity contribution in [1.82, 2.24) is 20.1 Å². The molecule has 2 N–H and O–H groups in total. The van der Waals surface area contributed by atoms with E-state index in [0.29, 0.717) is 11.5 Å². The second kappa shape index (κ2) is 5.99. The Balaban J connectivity index is 1.74. The standard InChI is InChI=1S/C14H14N6O4/c1-7-4-11(18-23-7)15-13(21)9-6-10(20(3)17-9)14(22)16-12-5-8(2)24-19-12/h4-6H,1-3H3,(H,15,18,21)(H,16,19,22). The molecule has 0 saturated heterocycles. The Hall–Kier alpha value is -3.43. The maximum absolute atomic E-state index is 12.2. The highest BCUT2D eigenvalue weighted by Gasteiger charge is 2.19. The maximum Gasteiger partial charge on any atom is 0.277 e. The summed E-state index contributed by atoms with van der Waals surface area (Å²) in [7, 11) is 1.56. The lowest BCUT2D eigenvalue weighted by molar-refractivity contribution is 0.101. The van der Waals surface area contributed by atoms with Gasteiger partial charge < -0.3 is 19.7 Å². The van der Waals surface area contributed by atoms with Crippen LogP contribution in [-0.2, 0) is 7.05 Å². The highest BCUT2D eigenvalue weighted by atomic mass is 16.5. The van der Waals surface area contributed by atoms with E-state index in [4.69, 9.17) is 9.05 Å². The van der Waals surface area contributed by atoms with Gasteiger partial charge in [-0.2, -0.15) is 5.10 Å². The number of aromatic nitrogens is 4. The van der Waals surface area contributed by atoms with Crippen molar-refractivity contribution < 1.29 is 18.6 Å². The zero-order valence-corrected chi connectivity index (χ0v) is 13.2. The van der Waals surface area contributed by atoms with Crippen molar-refractivity contribution in [2.45, 2.75) is 13.8 Å². The molecular formula is C14H14N6O4. The first-order valence-corrected chi connectivity index (χ1v) is 6.96. The number of hydrogen-bond donors (Lipinski definition) is 2. The molecule has 0 spiro atoms. The number of nitrogens with one attached hydrogen (secondary N) is 2. The van der Waals surface area contributed by atoms with E-state index in [-0.39, 0.29) is 23.0 Å². The van der Waals surface area contributed by atoms with Gasteiger partial charge in [-0.15, -0.1) is 0 Å². The molecule has 0 fully saturated rings. The molecule has 0 aliphatic heterocycles. The van der Waals surface area contributed by atoms with E-state index in [9.17, 15) is 9.59 Å². The molecule has 0 saturated carbocycles. The maximum atomic E-state index is 12.2. The molecule has 0 radical (unpaired) electrons. The quantitative estimate of drug-likeness (QED) is 0.742. The van der Waals surface area contributed by atoms with Crippen LogP contribution in [0.4, 0.5) is 11.6 Å². The van der Waals surface area contributed by atoms with E-state index in [1.54, 1.807) is 33.0 Å². The van der Waals surface area contributed by atoms with E-state index in [1.807, 2.05) is 0 Å². The van der Waals surface area contributed by atoms with Gasteiger partial charge in [0.1, 0.15) is 17.2 Å². The Morgan fingerprint density at radius 2 is 1.50 bits per heavy atom. The summed E-state index contributed by atoms with van der Waals surface area (Å²) in [6, 6.07) is 4.51. The molecule has 0 aromatic carbocycles. The van der Waals surface area contributed by atoms with Crippen LogP contribution in [0.25, 0.3) is 0 Å². The number of hydrogen-bond acceptors (Lipinski definition) is 7. The molecule has 10 nitrogen and oxygen atoms in total. The van der Waals surface area contributed by atoms with Crippen LogP contribution in [0.3, 0.4) is 0 Å². The molecule has 3 aromatic rings. The normalized spacial score (nSPS) is 10.6. The van der Waals surface area contributed by atoms with Crippen molar-refractivity contribution in [3.63, 3.8) is 0 Å². The highest BCUT2D eigenvalue weighted by Crippen LogP contribution is 2.12.